The highest BCUT2D eigenvalue weighted by Crippen LogP contribution is 2.20. The van der Waals surface area contributed by atoms with Crippen LogP contribution in [0.3, 0.4) is 0 Å². The summed E-state index contributed by atoms with van der Waals surface area (Å²) in [7, 11) is 0. The van der Waals surface area contributed by atoms with Crippen molar-refractivity contribution in [2.75, 3.05) is 6.61 Å². The van der Waals surface area contributed by atoms with E-state index in [1.807, 2.05) is 0 Å². The first-order chi connectivity index (χ1) is 9.49. The number of esters is 1. The Balaban J connectivity index is 3.57. The Labute approximate surface area is 126 Å². The van der Waals surface area contributed by atoms with Gasteiger partial charge in [-0.3, -0.25) is 0 Å². The number of ether oxygens (including phenoxy) is 1. The number of unbranched alkanes of at least 4 members (excludes halogenated alkanes) is 6. The van der Waals surface area contributed by atoms with Crippen LogP contribution in [0.5, 0.6) is 0 Å². The Hall–Kier alpha value is -0.790. The van der Waals surface area contributed by atoms with Gasteiger partial charge in [-0.25, -0.2) is 4.79 Å². The molecule has 0 aliphatic carbocycles. The minimum Gasteiger partial charge on any atom is -0.462 e. The van der Waals surface area contributed by atoms with Gasteiger partial charge in [-0.2, -0.15) is 0 Å². The van der Waals surface area contributed by atoms with Crippen molar-refractivity contribution in [2.24, 2.45) is 11.8 Å². The van der Waals surface area contributed by atoms with E-state index in [0.29, 0.717) is 24.0 Å². The molecule has 0 aliphatic rings. The molecule has 0 aliphatic heterocycles. The van der Waals surface area contributed by atoms with E-state index in [1.54, 1.807) is 6.92 Å². The van der Waals surface area contributed by atoms with Gasteiger partial charge in [0.15, 0.2) is 0 Å². The second-order valence-electron chi connectivity index (χ2n) is 6.24. The molecule has 0 aromatic rings. The Morgan fingerprint density at radius 1 is 1.00 bits per heavy atom. The fourth-order valence-electron chi connectivity index (χ4n) is 2.20. The lowest BCUT2D eigenvalue weighted by molar-refractivity contribution is -0.140. The van der Waals surface area contributed by atoms with E-state index in [-0.39, 0.29) is 5.97 Å². The Morgan fingerprint density at radius 2 is 1.55 bits per heavy atom. The Morgan fingerprint density at radius 3 is 2.10 bits per heavy atom. The maximum atomic E-state index is 11.3. The van der Waals surface area contributed by atoms with E-state index in [4.69, 9.17) is 4.74 Å². The van der Waals surface area contributed by atoms with Gasteiger partial charge in [0.25, 0.3) is 0 Å². The molecule has 0 spiro atoms. The van der Waals surface area contributed by atoms with Crippen LogP contribution < -0.4 is 0 Å². The lowest BCUT2D eigenvalue weighted by atomic mass is 9.91. The van der Waals surface area contributed by atoms with Crippen molar-refractivity contribution in [1.82, 2.24) is 0 Å². The Bertz CT molecular complexity index is 271. The van der Waals surface area contributed by atoms with E-state index in [1.165, 1.54) is 51.4 Å². The average molecular weight is 282 g/mol. The van der Waals surface area contributed by atoms with Gasteiger partial charge in [-0.1, -0.05) is 78.7 Å². The highest BCUT2D eigenvalue weighted by molar-refractivity contribution is 5.86. The van der Waals surface area contributed by atoms with Crippen LogP contribution in [-0.4, -0.2) is 12.6 Å². The van der Waals surface area contributed by atoms with Gasteiger partial charge < -0.3 is 4.74 Å². The molecule has 20 heavy (non-hydrogen) atoms. The topological polar surface area (TPSA) is 26.3 Å². The minimum absolute atomic E-state index is 0.264. The van der Waals surface area contributed by atoms with E-state index in [0.717, 1.165) is 0 Å². The zero-order chi connectivity index (χ0) is 15.4. The monoisotopic (exact) mass is 282 g/mol. The first-order valence-corrected chi connectivity index (χ1v) is 8.31. The van der Waals surface area contributed by atoms with Crippen molar-refractivity contribution in [3.8, 4) is 0 Å². The zero-order valence-electron chi connectivity index (χ0n) is 14.0. The Kier molecular flexibility index (Phi) is 11.5. The summed E-state index contributed by atoms with van der Waals surface area (Å²) < 4.78 is 5.22. The molecule has 0 aromatic heterocycles. The van der Waals surface area contributed by atoms with Gasteiger partial charge in [-0.15, -0.1) is 0 Å². The van der Waals surface area contributed by atoms with Gasteiger partial charge >= 0.3 is 5.97 Å². The van der Waals surface area contributed by atoms with E-state index in [2.05, 4.69) is 27.4 Å². The SMILES string of the molecule is C=C(C)C(=O)OCC(C)C(C)CCCCCCCCC. The highest BCUT2D eigenvalue weighted by atomic mass is 16.5. The van der Waals surface area contributed by atoms with Crippen LogP contribution in [0.1, 0.15) is 79.1 Å². The van der Waals surface area contributed by atoms with Crippen LogP contribution in [0.2, 0.25) is 0 Å². The first kappa shape index (κ1) is 19.2. The molecule has 0 saturated heterocycles. The summed E-state index contributed by atoms with van der Waals surface area (Å²) in [6.07, 6.45) is 10.7. The van der Waals surface area contributed by atoms with Crippen molar-refractivity contribution < 1.29 is 9.53 Å². The quantitative estimate of drug-likeness (QED) is 0.268. The summed E-state index contributed by atoms with van der Waals surface area (Å²) in [5.41, 5.74) is 0.483. The lowest BCUT2D eigenvalue weighted by Crippen LogP contribution is -2.18. The molecule has 2 nitrogen and oxygen atoms in total. The molecule has 2 atom stereocenters. The van der Waals surface area contributed by atoms with Crippen LogP contribution in [0.25, 0.3) is 0 Å². The molecule has 118 valence electrons. The number of carbonyl (C=O) groups excluding carboxylic acids is 1. The summed E-state index contributed by atoms with van der Waals surface area (Å²) in [6, 6.07) is 0. The summed E-state index contributed by atoms with van der Waals surface area (Å²) in [5, 5.41) is 0. The number of carbonyl (C=O) groups is 1. The van der Waals surface area contributed by atoms with Crippen molar-refractivity contribution >= 4 is 5.97 Å². The molecule has 0 saturated carbocycles. The maximum Gasteiger partial charge on any atom is 0.333 e. The average Bonchev–Trinajstić information content (AvgIpc) is 2.42. The molecular weight excluding hydrogens is 248 g/mol. The molecule has 2 unspecified atom stereocenters. The largest absolute Gasteiger partial charge is 0.462 e. The molecule has 0 rings (SSSR count). The summed E-state index contributed by atoms with van der Waals surface area (Å²) in [5.74, 6) is 0.780. The molecule has 0 N–H and O–H groups in total. The summed E-state index contributed by atoms with van der Waals surface area (Å²) in [4.78, 5) is 11.3. The molecule has 0 fully saturated rings. The van der Waals surface area contributed by atoms with Crippen LogP contribution >= 0.6 is 0 Å². The lowest BCUT2D eigenvalue weighted by Gasteiger charge is -2.19. The van der Waals surface area contributed by atoms with Crippen LogP contribution in [0, 0.1) is 11.8 Å². The van der Waals surface area contributed by atoms with Crippen molar-refractivity contribution in [3.63, 3.8) is 0 Å². The normalized spacial score (nSPS) is 13.8. The molecule has 0 bridgehead atoms. The van der Waals surface area contributed by atoms with Crippen molar-refractivity contribution in [3.05, 3.63) is 12.2 Å². The number of rotatable bonds is 12. The van der Waals surface area contributed by atoms with Gasteiger partial charge in [0, 0.05) is 5.57 Å². The maximum absolute atomic E-state index is 11.3. The van der Waals surface area contributed by atoms with E-state index in [9.17, 15) is 4.79 Å². The third-order valence-electron chi connectivity index (χ3n) is 4.06. The second-order valence-corrected chi connectivity index (χ2v) is 6.24. The standard InChI is InChI=1S/C18H34O2/c1-6-7-8-9-10-11-12-13-16(4)17(5)14-20-18(19)15(2)3/h16-17H,2,6-14H2,1,3-5H3. The van der Waals surface area contributed by atoms with Crippen molar-refractivity contribution in [1.29, 1.82) is 0 Å². The van der Waals surface area contributed by atoms with Crippen LogP contribution in [0.4, 0.5) is 0 Å². The van der Waals surface area contributed by atoms with Gasteiger partial charge in [-0.05, 0) is 18.8 Å². The molecule has 0 heterocycles. The number of hydrogen-bond acceptors (Lipinski definition) is 2. The number of hydrogen-bond donors (Lipinski definition) is 0. The fraction of sp³-hybridized carbons (Fsp3) is 0.833. The molecule has 0 amide bonds. The van der Waals surface area contributed by atoms with Crippen LogP contribution in [-0.2, 0) is 9.53 Å². The molecule has 0 aromatic carbocycles. The van der Waals surface area contributed by atoms with Gasteiger partial charge in [0.2, 0.25) is 0 Å². The smallest absolute Gasteiger partial charge is 0.333 e. The predicted octanol–water partition coefficient (Wildman–Crippen LogP) is 5.52. The molecule has 2 heteroatoms. The van der Waals surface area contributed by atoms with E-state index < -0.39 is 0 Å². The third kappa shape index (κ3) is 10.1. The highest BCUT2D eigenvalue weighted by Gasteiger charge is 2.14. The minimum atomic E-state index is -0.264. The summed E-state index contributed by atoms with van der Waals surface area (Å²) in [6.45, 7) is 12.5. The van der Waals surface area contributed by atoms with Crippen LogP contribution in [0.15, 0.2) is 12.2 Å². The van der Waals surface area contributed by atoms with E-state index >= 15 is 0 Å². The molecular formula is C18H34O2. The predicted molar refractivity (Wildman–Crippen MR) is 86.7 cm³/mol. The van der Waals surface area contributed by atoms with Crippen molar-refractivity contribution in [2.45, 2.75) is 79.1 Å². The zero-order valence-corrected chi connectivity index (χ0v) is 14.0. The second kappa shape index (κ2) is 12.0. The van der Waals surface area contributed by atoms with Gasteiger partial charge in [0.1, 0.15) is 0 Å². The first-order valence-electron chi connectivity index (χ1n) is 8.31. The molecule has 0 radical (unpaired) electrons. The van der Waals surface area contributed by atoms with Gasteiger partial charge in [0.05, 0.1) is 6.61 Å². The fourth-order valence-corrected chi connectivity index (χ4v) is 2.20. The third-order valence-corrected chi connectivity index (χ3v) is 4.06. The summed E-state index contributed by atoms with van der Waals surface area (Å²) >= 11 is 0.